The van der Waals surface area contributed by atoms with E-state index in [1.807, 2.05) is 81.4 Å². The predicted molar refractivity (Wildman–Crippen MR) is 271 cm³/mol. The fourth-order valence-electron chi connectivity index (χ4n) is 8.45. The summed E-state index contributed by atoms with van der Waals surface area (Å²) in [5.74, 6) is -2.42. The maximum absolute atomic E-state index is 9.44. The third-order valence-electron chi connectivity index (χ3n) is 11.4. The van der Waals surface area contributed by atoms with E-state index in [9.17, 15) is 2.74 Å². The van der Waals surface area contributed by atoms with Gasteiger partial charge in [-0.25, -0.2) is 0 Å². The molecule has 0 saturated heterocycles. The third kappa shape index (κ3) is 9.48. The van der Waals surface area contributed by atoms with Gasteiger partial charge in [0, 0.05) is 51.6 Å². The van der Waals surface area contributed by atoms with Crippen LogP contribution in [0.15, 0.2) is 156 Å². The maximum atomic E-state index is 9.44. The molecule has 10 rings (SSSR count). The van der Waals surface area contributed by atoms with Gasteiger partial charge in [-0.3, -0.25) is 0 Å². The monoisotopic (exact) mass is 1040 g/mol. The fraction of sp³-hybridized carbons (Fsp3) is 0.213. The summed E-state index contributed by atoms with van der Waals surface area (Å²) in [6.45, 7) is 7.92. The Morgan fingerprint density at radius 3 is 2.15 bits per heavy atom. The van der Waals surface area contributed by atoms with E-state index in [1.165, 1.54) is 12.3 Å². The van der Waals surface area contributed by atoms with E-state index in [1.54, 1.807) is 64.2 Å². The molecule has 327 valence electrons. The zero-order valence-corrected chi connectivity index (χ0v) is 40.0. The number of nitrogens with zero attached hydrogens (tertiary/aromatic N) is 2. The molecule has 10 aromatic rings. The van der Waals surface area contributed by atoms with Gasteiger partial charge in [-0.2, -0.15) is 0 Å². The van der Waals surface area contributed by atoms with Crippen LogP contribution in [0.3, 0.4) is 0 Å². The molecule has 7 aromatic carbocycles. The summed E-state index contributed by atoms with van der Waals surface area (Å²) in [6, 6.07) is 50.3. The molecule has 0 atom stereocenters. The fourth-order valence-corrected chi connectivity index (χ4v) is 8.45. The molecule has 3 aromatic heterocycles. The largest absolute Gasteiger partial charge is 0.501 e. The van der Waals surface area contributed by atoms with E-state index in [0.717, 1.165) is 54.7 Å². The molecule has 3 heterocycles. The summed E-state index contributed by atoms with van der Waals surface area (Å²) in [6.07, 6.45) is 1.61. The zero-order chi connectivity index (χ0) is 53.3. The summed E-state index contributed by atoms with van der Waals surface area (Å²) in [5.41, 5.74) is 7.42. The van der Waals surface area contributed by atoms with Crippen LogP contribution in [0.1, 0.15) is 102 Å². The summed E-state index contributed by atoms with van der Waals surface area (Å²) >= 11 is 0. The Balaban J connectivity index is 0.000000315. The van der Waals surface area contributed by atoms with Crippen molar-refractivity contribution in [1.82, 2.24) is 9.97 Å². The molecule has 0 spiro atoms. The first-order valence-electron chi connectivity index (χ1n) is 26.5. The standard InChI is InChI=1S/C45H38NO.C16H18N.Ir/c1-26(2)39-22-33(31-17-19-35-32(21-31)16-15-30-10-7-8-11-34(30)35)23-40(27(3)4)44(39)41-24-42(46-25-29(41)6)38-13-9-12-37-36-18-14-28(5)20-43(36)47-45(37)38;1-16(2,3)12-13-9-10-17-15(11-13)14-7-5-4-6-8-14;/h7-12,14-27H,1-6H3;4-7,9-11H,12H2,1-3H3;/q2*-1;/i5D3,6D3,26D,27D;12D2;. The Labute approximate surface area is 412 Å². The summed E-state index contributed by atoms with van der Waals surface area (Å²) < 4.78 is 91.2. The van der Waals surface area contributed by atoms with Crippen molar-refractivity contribution in [1.29, 1.82) is 0 Å². The van der Waals surface area contributed by atoms with E-state index in [4.69, 9.17) is 15.4 Å². The molecule has 0 N–H and O–H groups in total. The van der Waals surface area contributed by atoms with E-state index in [2.05, 4.69) is 64.6 Å². The van der Waals surface area contributed by atoms with Gasteiger partial charge in [0.1, 0.15) is 5.58 Å². The van der Waals surface area contributed by atoms with Crippen molar-refractivity contribution in [3.63, 3.8) is 0 Å². The number of rotatable bonds is 7. The Kier molecular flexibility index (Phi) is 9.85. The first-order valence-corrected chi connectivity index (χ1v) is 21.5. The molecule has 0 aliphatic rings. The molecule has 0 aliphatic carbocycles. The average Bonchev–Trinajstić information content (AvgIpc) is 3.73. The van der Waals surface area contributed by atoms with Crippen LogP contribution in [-0.2, 0) is 26.5 Å². The van der Waals surface area contributed by atoms with Crippen LogP contribution in [0.25, 0.3) is 88.3 Å². The van der Waals surface area contributed by atoms with Gasteiger partial charge in [-0.15, -0.1) is 54.1 Å². The molecule has 0 fully saturated rings. The van der Waals surface area contributed by atoms with Gasteiger partial charge in [0.25, 0.3) is 0 Å². The van der Waals surface area contributed by atoms with Crippen LogP contribution in [0, 0.1) is 31.3 Å². The second-order valence-electron chi connectivity index (χ2n) is 17.8. The normalized spacial score (nSPS) is 14.9. The zero-order valence-electron chi connectivity index (χ0n) is 47.6. The number of aromatic nitrogens is 2. The summed E-state index contributed by atoms with van der Waals surface area (Å²) in [7, 11) is 0. The van der Waals surface area contributed by atoms with Crippen LogP contribution in [0.2, 0.25) is 0 Å². The van der Waals surface area contributed by atoms with E-state index < -0.39 is 37.3 Å². The second kappa shape index (κ2) is 18.7. The number of fused-ring (bicyclic) bond motifs is 6. The van der Waals surface area contributed by atoms with Crippen LogP contribution < -0.4 is 0 Å². The number of pyridine rings is 2. The van der Waals surface area contributed by atoms with Gasteiger partial charge < -0.3 is 14.4 Å². The number of furan rings is 1. The number of benzene rings is 7. The van der Waals surface area contributed by atoms with Gasteiger partial charge in [0.15, 0.2) is 0 Å². The van der Waals surface area contributed by atoms with Crippen LogP contribution in [0.4, 0.5) is 0 Å². The van der Waals surface area contributed by atoms with Gasteiger partial charge in [0.2, 0.25) is 0 Å². The second-order valence-corrected chi connectivity index (χ2v) is 17.8. The smallest absolute Gasteiger partial charge is 0.121 e. The molecule has 4 heteroatoms. The maximum Gasteiger partial charge on any atom is 0.121 e. The van der Waals surface area contributed by atoms with Gasteiger partial charge in [0.05, 0.1) is 5.58 Å². The Bertz CT molecular complexity index is 3710. The topological polar surface area (TPSA) is 38.9 Å². The first-order chi connectivity index (χ1) is 34.6. The SMILES string of the molecule is [2H]C([2H])([2H])c1ccc2c(c1)oc1c(-c3cc(-c4c(C([2H])(C)C)cc(-c5ccc6c(ccc7ccccc76)c5)cc4C([2H])(C)C)c(C([2H])([2H])[2H])cn3)[c-]ccc12.[2H]C([2H])(c1ccnc(-c2[c-]cccc2)c1)C(C)(C)C.[Ir]. The van der Waals surface area contributed by atoms with E-state index in [-0.39, 0.29) is 31.2 Å². The Morgan fingerprint density at radius 1 is 0.662 bits per heavy atom. The van der Waals surface area contributed by atoms with E-state index in [0.29, 0.717) is 50.2 Å². The Morgan fingerprint density at radius 2 is 1.42 bits per heavy atom. The predicted octanol–water partition coefficient (Wildman–Crippen LogP) is 17.1. The average molecular weight is 1040 g/mol. The van der Waals surface area contributed by atoms with Gasteiger partial charge in [-0.1, -0.05) is 150 Å². The first kappa shape index (κ1) is 34.2. The molecule has 0 saturated carbocycles. The number of hydrogen-bond acceptors (Lipinski definition) is 3. The van der Waals surface area contributed by atoms with Crippen LogP contribution in [-0.4, -0.2) is 9.97 Å². The molecular formula is C61H56IrN2O-2. The van der Waals surface area contributed by atoms with Gasteiger partial charge in [-0.05, 0) is 133 Å². The van der Waals surface area contributed by atoms with Crippen molar-refractivity contribution >= 4 is 43.5 Å². The molecule has 65 heavy (non-hydrogen) atoms. The molecule has 3 nitrogen and oxygen atoms in total. The molecule has 0 amide bonds. The van der Waals surface area contributed by atoms with Crippen molar-refractivity contribution in [2.75, 3.05) is 0 Å². The molecule has 0 aliphatic heterocycles. The number of hydrogen-bond donors (Lipinski definition) is 0. The minimum absolute atomic E-state index is 0. The molecular weight excluding hydrogens is 969 g/mol. The minimum atomic E-state index is -2.58. The van der Waals surface area contributed by atoms with Crippen molar-refractivity contribution in [2.45, 2.75) is 80.3 Å². The van der Waals surface area contributed by atoms with Crippen LogP contribution >= 0.6 is 0 Å². The van der Waals surface area contributed by atoms with Gasteiger partial charge >= 0.3 is 0 Å². The third-order valence-corrected chi connectivity index (χ3v) is 11.4. The van der Waals surface area contributed by atoms with Crippen molar-refractivity contribution in [2.24, 2.45) is 5.41 Å². The van der Waals surface area contributed by atoms with Crippen LogP contribution in [0.5, 0.6) is 0 Å². The summed E-state index contributed by atoms with van der Waals surface area (Å²) in [5, 5.41) is 5.96. The Hall–Kier alpha value is -6.19. The van der Waals surface area contributed by atoms with E-state index >= 15 is 0 Å². The number of aryl methyl sites for hydroxylation is 2. The quantitative estimate of drug-likeness (QED) is 0.118. The molecule has 0 bridgehead atoms. The molecule has 1 radical (unpaired) electrons. The minimum Gasteiger partial charge on any atom is -0.501 e. The summed E-state index contributed by atoms with van der Waals surface area (Å²) in [4.78, 5) is 8.95. The van der Waals surface area contributed by atoms with Crippen molar-refractivity contribution in [3.8, 4) is 44.8 Å². The van der Waals surface area contributed by atoms with Crippen molar-refractivity contribution < 1.29 is 38.2 Å². The molecule has 0 unspecified atom stereocenters. The van der Waals surface area contributed by atoms with Crippen molar-refractivity contribution in [3.05, 3.63) is 192 Å².